The number of rotatable bonds is 4. The third-order valence-electron chi connectivity index (χ3n) is 1.90. The van der Waals surface area contributed by atoms with Crippen molar-refractivity contribution in [3.8, 4) is 5.75 Å². The Morgan fingerprint density at radius 2 is 2.35 bits per heavy atom. The second kappa shape index (κ2) is 7.24. The van der Waals surface area contributed by atoms with Gasteiger partial charge >= 0.3 is 0 Å². The summed E-state index contributed by atoms with van der Waals surface area (Å²) in [5.74, 6) is 0.758. The number of halogens is 1. The average Bonchev–Trinajstić information content (AvgIpc) is 2.30. The number of nitrogens with one attached hydrogen (secondary N) is 2. The lowest BCUT2D eigenvalue weighted by Gasteiger charge is -2.05. The minimum Gasteiger partial charge on any atom is -0.496 e. The van der Waals surface area contributed by atoms with Crippen LogP contribution in [0.1, 0.15) is 12.5 Å². The highest BCUT2D eigenvalue weighted by Crippen LogP contribution is 2.21. The van der Waals surface area contributed by atoms with Gasteiger partial charge in [0, 0.05) is 16.6 Å². The zero-order chi connectivity index (χ0) is 12.7. The molecule has 0 heterocycles. The van der Waals surface area contributed by atoms with Crippen molar-refractivity contribution in [3.63, 3.8) is 0 Å². The predicted octanol–water partition coefficient (Wildman–Crippen LogP) is 2.28. The van der Waals surface area contributed by atoms with E-state index in [1.54, 1.807) is 13.3 Å². The molecule has 17 heavy (non-hydrogen) atoms. The monoisotopic (exact) mass is 315 g/mol. The van der Waals surface area contributed by atoms with Crippen LogP contribution in [0.5, 0.6) is 5.75 Å². The van der Waals surface area contributed by atoms with Crippen LogP contribution in [0, 0.1) is 0 Å². The number of hydrazone groups is 1. The fourth-order valence-corrected chi connectivity index (χ4v) is 1.74. The highest BCUT2D eigenvalue weighted by atomic mass is 79.9. The summed E-state index contributed by atoms with van der Waals surface area (Å²) in [6.45, 7) is 2.73. The minimum atomic E-state index is 0.498. The van der Waals surface area contributed by atoms with Crippen LogP contribution in [0.2, 0.25) is 0 Å². The Labute approximate surface area is 115 Å². The van der Waals surface area contributed by atoms with Gasteiger partial charge in [-0.15, -0.1) is 0 Å². The summed E-state index contributed by atoms with van der Waals surface area (Å²) in [6.07, 6.45) is 1.66. The molecular formula is C11H14BrN3OS. The fourth-order valence-electron chi connectivity index (χ4n) is 1.17. The molecule has 4 nitrogen and oxygen atoms in total. The summed E-state index contributed by atoms with van der Waals surface area (Å²) in [4.78, 5) is 0. The van der Waals surface area contributed by atoms with Gasteiger partial charge in [-0.05, 0) is 37.3 Å². The largest absolute Gasteiger partial charge is 0.496 e. The van der Waals surface area contributed by atoms with E-state index >= 15 is 0 Å². The van der Waals surface area contributed by atoms with Gasteiger partial charge in [0.2, 0.25) is 0 Å². The van der Waals surface area contributed by atoms with Crippen LogP contribution in [0.25, 0.3) is 0 Å². The van der Waals surface area contributed by atoms with Crippen molar-refractivity contribution >= 4 is 39.5 Å². The second-order valence-corrected chi connectivity index (χ2v) is 4.44. The first-order valence-corrected chi connectivity index (χ1v) is 6.28. The molecule has 0 radical (unpaired) electrons. The third kappa shape index (κ3) is 4.70. The highest BCUT2D eigenvalue weighted by Gasteiger charge is 2.00. The number of methoxy groups -OCH3 is 1. The molecule has 1 rings (SSSR count). The molecule has 6 heteroatoms. The Morgan fingerprint density at radius 3 is 3.00 bits per heavy atom. The molecule has 0 amide bonds. The molecule has 92 valence electrons. The molecule has 0 aromatic heterocycles. The van der Waals surface area contributed by atoms with Crippen molar-refractivity contribution in [2.24, 2.45) is 5.10 Å². The molecule has 0 fully saturated rings. The van der Waals surface area contributed by atoms with Gasteiger partial charge in [0.15, 0.2) is 5.11 Å². The van der Waals surface area contributed by atoms with Crippen molar-refractivity contribution in [3.05, 3.63) is 28.2 Å². The first-order chi connectivity index (χ1) is 8.17. The van der Waals surface area contributed by atoms with Gasteiger partial charge in [-0.2, -0.15) is 5.10 Å². The Kier molecular flexibility index (Phi) is 5.93. The topological polar surface area (TPSA) is 45.7 Å². The van der Waals surface area contributed by atoms with Crippen molar-refractivity contribution in [2.45, 2.75) is 6.92 Å². The number of hydrogen-bond donors (Lipinski definition) is 2. The maximum Gasteiger partial charge on any atom is 0.186 e. The SMILES string of the molecule is CCNC(=S)N/N=C\c1cc(Br)ccc1OC. The normalized spacial score (nSPS) is 10.3. The molecule has 0 saturated carbocycles. The van der Waals surface area contributed by atoms with Crippen LogP contribution in [-0.2, 0) is 0 Å². The molecular weight excluding hydrogens is 302 g/mol. The Hall–Kier alpha value is -1.14. The summed E-state index contributed by atoms with van der Waals surface area (Å²) in [5, 5.41) is 7.47. The van der Waals surface area contributed by atoms with E-state index in [2.05, 4.69) is 31.8 Å². The average molecular weight is 316 g/mol. The van der Waals surface area contributed by atoms with E-state index in [1.165, 1.54) is 0 Å². The van der Waals surface area contributed by atoms with E-state index in [0.29, 0.717) is 5.11 Å². The van der Waals surface area contributed by atoms with Gasteiger partial charge in [-0.1, -0.05) is 15.9 Å². The Morgan fingerprint density at radius 1 is 1.59 bits per heavy atom. The maximum atomic E-state index is 5.22. The zero-order valence-corrected chi connectivity index (χ0v) is 12.1. The molecule has 1 aromatic rings. The smallest absolute Gasteiger partial charge is 0.186 e. The van der Waals surface area contributed by atoms with Gasteiger partial charge in [0.1, 0.15) is 5.75 Å². The van der Waals surface area contributed by atoms with E-state index in [4.69, 9.17) is 17.0 Å². The number of nitrogens with zero attached hydrogens (tertiary/aromatic N) is 1. The van der Waals surface area contributed by atoms with E-state index in [-0.39, 0.29) is 0 Å². The number of ether oxygens (including phenoxy) is 1. The summed E-state index contributed by atoms with van der Waals surface area (Å²) in [6, 6.07) is 5.70. The lowest BCUT2D eigenvalue weighted by molar-refractivity contribution is 0.414. The minimum absolute atomic E-state index is 0.498. The first-order valence-electron chi connectivity index (χ1n) is 5.07. The summed E-state index contributed by atoms with van der Waals surface area (Å²) in [7, 11) is 1.62. The molecule has 1 aromatic carbocycles. The number of hydrogen-bond acceptors (Lipinski definition) is 3. The molecule has 0 unspecified atom stereocenters. The summed E-state index contributed by atoms with van der Waals surface area (Å²) >= 11 is 8.37. The predicted molar refractivity (Wildman–Crippen MR) is 77.7 cm³/mol. The highest BCUT2D eigenvalue weighted by molar-refractivity contribution is 9.10. The van der Waals surface area contributed by atoms with Crippen LogP contribution in [0.3, 0.4) is 0 Å². The van der Waals surface area contributed by atoms with E-state index in [0.717, 1.165) is 22.3 Å². The first kappa shape index (κ1) is 13.9. The molecule has 0 aliphatic heterocycles. The van der Waals surface area contributed by atoms with Crippen molar-refractivity contribution in [1.29, 1.82) is 0 Å². The van der Waals surface area contributed by atoms with Gasteiger partial charge in [-0.25, -0.2) is 0 Å². The molecule has 0 bridgehead atoms. The standard InChI is InChI=1S/C11H14BrN3OS/c1-3-13-11(17)15-14-7-8-6-9(12)4-5-10(8)16-2/h4-7H,3H2,1-2H3,(H2,13,15,17)/b14-7-. The van der Waals surface area contributed by atoms with Crippen LogP contribution < -0.4 is 15.5 Å². The molecule has 0 saturated heterocycles. The van der Waals surface area contributed by atoms with Crippen LogP contribution in [0.15, 0.2) is 27.8 Å². The summed E-state index contributed by atoms with van der Waals surface area (Å²) in [5.41, 5.74) is 3.59. The molecule has 0 spiro atoms. The lowest BCUT2D eigenvalue weighted by Crippen LogP contribution is -2.31. The van der Waals surface area contributed by atoms with Gasteiger partial charge < -0.3 is 10.1 Å². The molecule has 0 aliphatic rings. The van der Waals surface area contributed by atoms with Crippen molar-refractivity contribution < 1.29 is 4.74 Å². The maximum absolute atomic E-state index is 5.22. The third-order valence-corrected chi connectivity index (χ3v) is 2.63. The van der Waals surface area contributed by atoms with Crippen LogP contribution >= 0.6 is 28.1 Å². The fraction of sp³-hybridized carbons (Fsp3) is 0.273. The lowest BCUT2D eigenvalue weighted by atomic mass is 10.2. The van der Waals surface area contributed by atoms with Gasteiger partial charge in [0.05, 0.1) is 13.3 Å². The van der Waals surface area contributed by atoms with Crippen LogP contribution in [-0.4, -0.2) is 25.0 Å². The zero-order valence-electron chi connectivity index (χ0n) is 9.66. The van der Waals surface area contributed by atoms with E-state index in [1.807, 2.05) is 25.1 Å². The van der Waals surface area contributed by atoms with Crippen molar-refractivity contribution in [2.75, 3.05) is 13.7 Å². The second-order valence-electron chi connectivity index (χ2n) is 3.12. The van der Waals surface area contributed by atoms with E-state index in [9.17, 15) is 0 Å². The number of thiocarbonyl (C=S) groups is 1. The van der Waals surface area contributed by atoms with E-state index < -0.39 is 0 Å². The molecule has 0 aliphatic carbocycles. The van der Waals surface area contributed by atoms with Crippen LogP contribution in [0.4, 0.5) is 0 Å². The number of benzene rings is 1. The molecule has 0 atom stereocenters. The summed E-state index contributed by atoms with van der Waals surface area (Å²) < 4.78 is 6.18. The Bertz CT molecular complexity index is 423. The quantitative estimate of drug-likeness (QED) is 0.508. The van der Waals surface area contributed by atoms with Crippen molar-refractivity contribution in [1.82, 2.24) is 10.7 Å². The Balaban J connectivity index is 2.70. The van der Waals surface area contributed by atoms with Gasteiger partial charge in [0.25, 0.3) is 0 Å². The van der Waals surface area contributed by atoms with Gasteiger partial charge in [-0.3, -0.25) is 5.43 Å². The molecule has 2 N–H and O–H groups in total.